The zero-order valence-electron chi connectivity index (χ0n) is 17.3. The molecular formula is C25H19N3O4S. The maximum absolute atomic E-state index is 13.6. The molecule has 0 radical (unpaired) electrons. The van der Waals surface area contributed by atoms with Crippen molar-refractivity contribution in [2.45, 2.75) is 6.04 Å². The van der Waals surface area contributed by atoms with E-state index < -0.39 is 21.0 Å². The van der Waals surface area contributed by atoms with Crippen molar-refractivity contribution >= 4 is 44.5 Å². The van der Waals surface area contributed by atoms with Crippen molar-refractivity contribution in [2.24, 2.45) is 0 Å². The Morgan fingerprint density at radius 2 is 1.70 bits per heavy atom. The van der Waals surface area contributed by atoms with Gasteiger partial charge in [-0.05, 0) is 41.5 Å². The zero-order chi connectivity index (χ0) is 23.0. The molecule has 1 aliphatic heterocycles. The number of para-hydroxylation sites is 2. The lowest BCUT2D eigenvalue weighted by atomic mass is 9.99. The lowest BCUT2D eigenvalue weighted by Crippen LogP contribution is -2.34. The third-order valence-electron chi connectivity index (χ3n) is 5.64. The number of non-ortho nitro benzene ring substituents is 1. The Hall–Kier alpha value is -4.17. The normalized spacial score (nSPS) is 15.8. The average Bonchev–Trinajstić information content (AvgIpc) is 3.26. The topological polar surface area (TPSA) is 96.3 Å². The number of nitrogens with one attached hydrogen (secondary N) is 1. The molecule has 0 saturated carbocycles. The standard InChI is InChI=1S/C25H19N3O4S/c29-28(30)20-12-9-18(10-13-20)15-16-33(31,32)27-24-8-4-1-5-19(24)11-14-25(27)22-17-26-23-7-3-2-6-21(22)23/h1-17,25-26H/b16-15+/t25-/m1/s1. The first-order valence-electron chi connectivity index (χ1n) is 10.2. The number of rotatable bonds is 5. The minimum Gasteiger partial charge on any atom is -0.361 e. The summed E-state index contributed by atoms with van der Waals surface area (Å²) in [5.74, 6) is 0. The van der Waals surface area contributed by atoms with Crippen LogP contribution in [0.25, 0.3) is 23.1 Å². The third-order valence-corrected chi connectivity index (χ3v) is 7.09. The number of nitrogens with zero attached hydrogens (tertiary/aromatic N) is 2. The van der Waals surface area contributed by atoms with E-state index in [1.54, 1.807) is 6.07 Å². The van der Waals surface area contributed by atoms with Gasteiger partial charge in [-0.3, -0.25) is 14.4 Å². The van der Waals surface area contributed by atoms with E-state index in [1.165, 1.54) is 34.6 Å². The molecule has 0 spiro atoms. The van der Waals surface area contributed by atoms with Crippen LogP contribution in [0.4, 0.5) is 11.4 Å². The number of hydrogen-bond acceptors (Lipinski definition) is 4. The molecule has 2 heterocycles. The van der Waals surface area contributed by atoms with Gasteiger partial charge in [0, 0.05) is 34.8 Å². The molecule has 0 saturated heterocycles. The van der Waals surface area contributed by atoms with Gasteiger partial charge in [0.15, 0.2) is 0 Å². The minimum absolute atomic E-state index is 0.0514. The molecule has 5 rings (SSSR count). The van der Waals surface area contributed by atoms with E-state index in [2.05, 4.69) is 4.98 Å². The van der Waals surface area contributed by atoms with Crippen LogP contribution in [0.3, 0.4) is 0 Å². The molecule has 0 bridgehead atoms. The van der Waals surface area contributed by atoms with Gasteiger partial charge in [0.2, 0.25) is 0 Å². The average molecular weight is 458 g/mol. The van der Waals surface area contributed by atoms with E-state index in [-0.39, 0.29) is 5.69 Å². The van der Waals surface area contributed by atoms with Gasteiger partial charge in [0.1, 0.15) is 0 Å². The molecule has 33 heavy (non-hydrogen) atoms. The van der Waals surface area contributed by atoms with E-state index in [0.29, 0.717) is 11.3 Å². The predicted molar refractivity (Wildman–Crippen MR) is 130 cm³/mol. The Labute approximate surface area is 190 Å². The number of aromatic amines is 1. The van der Waals surface area contributed by atoms with Gasteiger partial charge < -0.3 is 4.98 Å². The van der Waals surface area contributed by atoms with Crippen molar-refractivity contribution in [2.75, 3.05) is 4.31 Å². The molecular weight excluding hydrogens is 438 g/mol. The highest BCUT2D eigenvalue weighted by atomic mass is 32.2. The van der Waals surface area contributed by atoms with E-state index in [0.717, 1.165) is 27.4 Å². The first-order chi connectivity index (χ1) is 15.9. The number of aromatic nitrogens is 1. The Morgan fingerprint density at radius 3 is 2.48 bits per heavy atom. The van der Waals surface area contributed by atoms with Crippen LogP contribution in [-0.4, -0.2) is 18.3 Å². The summed E-state index contributed by atoms with van der Waals surface area (Å²) in [7, 11) is -3.91. The van der Waals surface area contributed by atoms with Crippen molar-refractivity contribution in [3.05, 3.63) is 117 Å². The van der Waals surface area contributed by atoms with Crippen molar-refractivity contribution in [1.29, 1.82) is 0 Å². The van der Waals surface area contributed by atoms with Crippen molar-refractivity contribution in [3.63, 3.8) is 0 Å². The van der Waals surface area contributed by atoms with Crippen LogP contribution in [-0.2, 0) is 10.0 Å². The maximum Gasteiger partial charge on any atom is 0.269 e. The molecule has 0 amide bonds. The summed E-state index contributed by atoms with van der Waals surface area (Å²) in [6, 6.07) is 20.3. The monoisotopic (exact) mass is 457 g/mol. The number of nitro benzene ring substituents is 1. The molecule has 1 N–H and O–H groups in total. The van der Waals surface area contributed by atoms with Crippen molar-refractivity contribution in [3.8, 4) is 0 Å². The van der Waals surface area contributed by atoms with Gasteiger partial charge in [0.25, 0.3) is 15.7 Å². The summed E-state index contributed by atoms with van der Waals surface area (Å²) < 4.78 is 28.7. The van der Waals surface area contributed by atoms with Crippen LogP contribution in [0.5, 0.6) is 0 Å². The number of fused-ring (bicyclic) bond motifs is 2. The fourth-order valence-corrected chi connectivity index (χ4v) is 5.45. The summed E-state index contributed by atoms with van der Waals surface area (Å²) in [5.41, 5.74) is 3.67. The fourth-order valence-electron chi connectivity index (χ4n) is 4.05. The minimum atomic E-state index is -3.91. The number of benzene rings is 3. The Balaban J connectivity index is 1.58. The second-order valence-corrected chi connectivity index (χ2v) is 9.34. The molecule has 8 heteroatoms. The van der Waals surface area contributed by atoms with Gasteiger partial charge in [-0.2, -0.15) is 0 Å². The molecule has 164 valence electrons. The highest BCUT2D eigenvalue weighted by Gasteiger charge is 2.33. The predicted octanol–water partition coefficient (Wildman–Crippen LogP) is 5.65. The Kier molecular flexibility index (Phi) is 5.07. The SMILES string of the molecule is O=[N+]([O-])c1ccc(/C=C/S(=O)(=O)N2c3ccccc3C=C[C@@H]2c2c[nH]c3ccccc23)cc1. The summed E-state index contributed by atoms with van der Waals surface area (Å²) in [6.45, 7) is 0. The molecule has 3 aromatic carbocycles. The van der Waals surface area contributed by atoms with E-state index in [9.17, 15) is 18.5 Å². The number of H-pyrrole nitrogens is 1. The quantitative estimate of drug-likeness (QED) is 0.309. The smallest absolute Gasteiger partial charge is 0.269 e. The van der Waals surface area contributed by atoms with Gasteiger partial charge in [-0.1, -0.05) is 48.6 Å². The van der Waals surface area contributed by atoms with E-state index >= 15 is 0 Å². The van der Waals surface area contributed by atoms with Crippen LogP contribution in [0.1, 0.15) is 22.7 Å². The van der Waals surface area contributed by atoms with E-state index in [4.69, 9.17) is 0 Å². The highest BCUT2D eigenvalue weighted by molar-refractivity contribution is 7.95. The number of nitro groups is 1. The first-order valence-corrected chi connectivity index (χ1v) is 11.7. The lowest BCUT2D eigenvalue weighted by molar-refractivity contribution is -0.384. The summed E-state index contributed by atoms with van der Waals surface area (Å²) in [4.78, 5) is 13.6. The van der Waals surface area contributed by atoms with Crippen LogP contribution in [0, 0.1) is 10.1 Å². The summed E-state index contributed by atoms with van der Waals surface area (Å²) in [6.07, 6.45) is 7.12. The van der Waals surface area contributed by atoms with Gasteiger partial charge in [0.05, 0.1) is 22.1 Å². The Morgan fingerprint density at radius 1 is 0.970 bits per heavy atom. The van der Waals surface area contributed by atoms with Crippen LogP contribution in [0.15, 0.2) is 90.5 Å². The van der Waals surface area contributed by atoms with Gasteiger partial charge in [-0.15, -0.1) is 0 Å². The van der Waals surface area contributed by atoms with Crippen LogP contribution < -0.4 is 4.31 Å². The first kappa shape index (κ1) is 20.7. The van der Waals surface area contributed by atoms with E-state index in [1.807, 2.05) is 60.8 Å². The fraction of sp³-hybridized carbons (Fsp3) is 0.0400. The molecule has 1 aromatic heterocycles. The Bertz CT molecular complexity index is 1520. The number of hydrogen-bond donors (Lipinski definition) is 1. The number of sulfonamides is 1. The second-order valence-electron chi connectivity index (χ2n) is 7.64. The molecule has 0 unspecified atom stereocenters. The van der Waals surface area contributed by atoms with Crippen molar-refractivity contribution in [1.82, 2.24) is 4.98 Å². The maximum atomic E-state index is 13.6. The molecule has 0 aliphatic carbocycles. The van der Waals surface area contributed by atoms with Gasteiger partial charge in [-0.25, -0.2) is 8.42 Å². The largest absolute Gasteiger partial charge is 0.361 e. The highest BCUT2D eigenvalue weighted by Crippen LogP contribution is 2.41. The lowest BCUT2D eigenvalue weighted by Gasteiger charge is -2.33. The molecule has 7 nitrogen and oxygen atoms in total. The summed E-state index contributed by atoms with van der Waals surface area (Å²) in [5, 5.41) is 13.0. The van der Waals surface area contributed by atoms with Crippen LogP contribution >= 0.6 is 0 Å². The zero-order valence-corrected chi connectivity index (χ0v) is 18.1. The molecule has 1 atom stereocenters. The van der Waals surface area contributed by atoms with Crippen molar-refractivity contribution < 1.29 is 13.3 Å². The number of anilines is 1. The van der Waals surface area contributed by atoms with Crippen LogP contribution in [0.2, 0.25) is 0 Å². The second kappa shape index (κ2) is 8.07. The summed E-state index contributed by atoms with van der Waals surface area (Å²) >= 11 is 0. The molecule has 0 fully saturated rings. The molecule has 1 aliphatic rings. The van der Waals surface area contributed by atoms with Gasteiger partial charge >= 0.3 is 0 Å². The third kappa shape index (κ3) is 3.81. The molecule has 4 aromatic rings.